The second kappa shape index (κ2) is 8.52. The predicted molar refractivity (Wildman–Crippen MR) is 108 cm³/mol. The van der Waals surface area contributed by atoms with Crippen LogP contribution in [0.2, 0.25) is 0 Å². The number of nitrogens with zero attached hydrogens (tertiary/aromatic N) is 2. The van der Waals surface area contributed by atoms with E-state index in [-0.39, 0.29) is 12.0 Å². The number of benzene rings is 1. The smallest absolute Gasteiger partial charge is 0.224 e. The van der Waals surface area contributed by atoms with Gasteiger partial charge in [-0.15, -0.1) is 0 Å². The van der Waals surface area contributed by atoms with Gasteiger partial charge in [-0.25, -0.2) is 9.78 Å². The van der Waals surface area contributed by atoms with Gasteiger partial charge in [0.2, 0.25) is 11.7 Å². The lowest BCUT2D eigenvalue weighted by atomic mass is 10.0. The van der Waals surface area contributed by atoms with Crippen LogP contribution in [0.1, 0.15) is 26.2 Å². The molecular formula is C21H27N3O5. The first kappa shape index (κ1) is 19.9. The van der Waals surface area contributed by atoms with Crippen molar-refractivity contribution in [2.24, 2.45) is 0 Å². The Morgan fingerprint density at radius 3 is 2.93 bits per heavy atom. The minimum Gasteiger partial charge on any atom is -0.497 e. The summed E-state index contributed by atoms with van der Waals surface area (Å²) in [4.78, 5) is 29.7. The van der Waals surface area contributed by atoms with Crippen LogP contribution in [-0.4, -0.2) is 61.0 Å². The van der Waals surface area contributed by atoms with Gasteiger partial charge in [-0.05, 0) is 19.1 Å². The van der Waals surface area contributed by atoms with Gasteiger partial charge in [0, 0.05) is 56.5 Å². The monoisotopic (exact) mass is 401 g/mol. The van der Waals surface area contributed by atoms with Crippen molar-refractivity contribution < 1.29 is 24.0 Å². The second-order valence-electron chi connectivity index (χ2n) is 7.52. The molecule has 4 rings (SSSR count). The maximum Gasteiger partial charge on any atom is 0.224 e. The molecule has 0 aliphatic carbocycles. The van der Waals surface area contributed by atoms with Crippen LogP contribution in [0.4, 0.5) is 5.69 Å². The number of piperidine rings is 1. The van der Waals surface area contributed by atoms with E-state index < -0.39 is 5.79 Å². The quantitative estimate of drug-likeness (QED) is 0.772. The lowest BCUT2D eigenvalue weighted by molar-refractivity contribution is -0.489. The molecular weight excluding hydrogens is 374 g/mol. The van der Waals surface area contributed by atoms with Gasteiger partial charge >= 0.3 is 0 Å². The van der Waals surface area contributed by atoms with E-state index >= 15 is 0 Å². The third-order valence-corrected chi connectivity index (χ3v) is 5.39. The minimum absolute atomic E-state index is 0.0615. The highest BCUT2D eigenvalue weighted by Crippen LogP contribution is 2.32. The Morgan fingerprint density at radius 1 is 1.38 bits per heavy atom. The third kappa shape index (κ3) is 4.44. The Morgan fingerprint density at radius 2 is 2.21 bits per heavy atom. The maximum atomic E-state index is 12.6. The van der Waals surface area contributed by atoms with Crippen molar-refractivity contribution in [3.05, 3.63) is 30.5 Å². The van der Waals surface area contributed by atoms with Gasteiger partial charge in [0.15, 0.2) is 0 Å². The molecule has 1 spiro atoms. The van der Waals surface area contributed by atoms with E-state index in [4.69, 9.17) is 19.2 Å². The van der Waals surface area contributed by atoms with Crippen molar-refractivity contribution in [3.8, 4) is 5.75 Å². The number of amides is 1. The number of hydrogen-bond donors (Lipinski definition) is 1. The van der Waals surface area contributed by atoms with Gasteiger partial charge in [0.1, 0.15) is 11.9 Å². The van der Waals surface area contributed by atoms with Crippen molar-refractivity contribution in [1.82, 2.24) is 9.88 Å². The first-order chi connectivity index (χ1) is 14.1. The van der Waals surface area contributed by atoms with Crippen LogP contribution < -0.4 is 10.1 Å². The van der Waals surface area contributed by atoms with Crippen molar-refractivity contribution in [2.75, 3.05) is 38.7 Å². The number of likely N-dealkylation sites (tertiary alicyclic amines) is 1. The molecule has 0 saturated carbocycles. The number of fused-ring (bicyclic) bond motifs is 1. The van der Waals surface area contributed by atoms with E-state index in [1.165, 1.54) is 0 Å². The van der Waals surface area contributed by atoms with Crippen LogP contribution in [-0.2, 0) is 19.3 Å². The van der Waals surface area contributed by atoms with Crippen molar-refractivity contribution >= 4 is 22.5 Å². The highest BCUT2D eigenvalue weighted by atomic mass is 17.2. The molecule has 2 aliphatic heterocycles. The second-order valence-corrected chi connectivity index (χ2v) is 7.52. The molecule has 1 aromatic carbocycles. The number of nitrogens with one attached hydrogen (secondary N) is 1. The van der Waals surface area contributed by atoms with Crippen LogP contribution in [0.3, 0.4) is 0 Å². The van der Waals surface area contributed by atoms with Gasteiger partial charge in [-0.3, -0.25) is 9.78 Å². The normalized spacial score (nSPS) is 21.3. The lowest BCUT2D eigenvalue weighted by Crippen LogP contribution is -2.53. The zero-order valence-corrected chi connectivity index (χ0v) is 16.8. The first-order valence-corrected chi connectivity index (χ1v) is 10.0. The van der Waals surface area contributed by atoms with E-state index in [9.17, 15) is 4.79 Å². The summed E-state index contributed by atoms with van der Waals surface area (Å²) in [6, 6.07) is 7.74. The largest absolute Gasteiger partial charge is 0.497 e. The molecule has 0 radical (unpaired) electrons. The number of aromatic nitrogens is 1. The Balaban J connectivity index is 1.30. The summed E-state index contributed by atoms with van der Waals surface area (Å²) >= 11 is 0. The Kier molecular flexibility index (Phi) is 5.84. The number of anilines is 1. The van der Waals surface area contributed by atoms with Gasteiger partial charge < -0.3 is 19.7 Å². The molecule has 3 heterocycles. The summed E-state index contributed by atoms with van der Waals surface area (Å²) in [5.41, 5.74) is 1.72. The summed E-state index contributed by atoms with van der Waals surface area (Å²) < 4.78 is 11.2. The molecule has 156 valence electrons. The first-order valence-electron chi connectivity index (χ1n) is 10.0. The van der Waals surface area contributed by atoms with Gasteiger partial charge in [0.25, 0.3) is 0 Å². The fourth-order valence-electron chi connectivity index (χ4n) is 3.69. The number of carbonyl (C=O) groups excluding carboxylic acids is 1. The maximum absolute atomic E-state index is 12.6. The highest BCUT2D eigenvalue weighted by Gasteiger charge is 2.42. The fraction of sp³-hybridized carbons (Fsp3) is 0.524. The summed E-state index contributed by atoms with van der Waals surface area (Å²) in [5.74, 6) is 0.162. The van der Waals surface area contributed by atoms with Crippen LogP contribution >= 0.6 is 0 Å². The van der Waals surface area contributed by atoms with E-state index in [0.717, 1.165) is 22.3 Å². The Labute approximate surface area is 170 Å². The molecule has 2 aliphatic rings. The fourth-order valence-corrected chi connectivity index (χ4v) is 3.69. The standard InChI is InChI=1S/C21H27N3O5/c1-15-14-27-21(29-28-15)6-10-24(11-7-21)19(25)5-9-22-18-13-17(26-2)12-16-4-3-8-23-20(16)18/h3-4,8,12-13,15,22H,5-7,9-11,14H2,1-2H3/t15-/m1/s1. The van der Waals surface area contributed by atoms with Crippen molar-refractivity contribution in [3.63, 3.8) is 0 Å². The number of rotatable bonds is 5. The Bertz CT molecular complexity index is 857. The molecule has 29 heavy (non-hydrogen) atoms. The summed E-state index contributed by atoms with van der Waals surface area (Å²) in [7, 11) is 1.64. The van der Waals surface area contributed by atoms with Crippen LogP contribution in [0, 0.1) is 0 Å². The van der Waals surface area contributed by atoms with Gasteiger partial charge in [-0.1, -0.05) is 6.07 Å². The van der Waals surface area contributed by atoms with Crippen LogP contribution in [0.15, 0.2) is 30.5 Å². The Hall–Kier alpha value is -2.42. The predicted octanol–water partition coefficient (Wildman–Crippen LogP) is 2.73. The summed E-state index contributed by atoms with van der Waals surface area (Å²) in [6.07, 6.45) is 3.32. The topological polar surface area (TPSA) is 82.2 Å². The van der Waals surface area contributed by atoms with E-state index in [1.54, 1.807) is 13.3 Å². The number of hydrogen-bond acceptors (Lipinski definition) is 7. The van der Waals surface area contributed by atoms with Crippen LogP contribution in [0.25, 0.3) is 10.9 Å². The molecule has 1 aromatic heterocycles. The minimum atomic E-state index is -0.702. The molecule has 2 aromatic rings. The van der Waals surface area contributed by atoms with Crippen molar-refractivity contribution in [2.45, 2.75) is 38.1 Å². The van der Waals surface area contributed by atoms with Crippen LogP contribution in [0.5, 0.6) is 5.75 Å². The van der Waals surface area contributed by atoms with E-state index in [1.807, 2.05) is 36.1 Å². The number of methoxy groups -OCH3 is 1. The zero-order chi connectivity index (χ0) is 20.3. The summed E-state index contributed by atoms with van der Waals surface area (Å²) in [5, 5.41) is 4.33. The molecule has 2 saturated heterocycles. The average Bonchev–Trinajstić information content (AvgIpc) is 2.76. The molecule has 1 amide bonds. The van der Waals surface area contributed by atoms with E-state index in [2.05, 4.69) is 10.3 Å². The highest BCUT2D eigenvalue weighted by molar-refractivity contribution is 5.92. The molecule has 2 fully saturated rings. The average molecular weight is 401 g/mol. The number of carbonyl (C=O) groups is 1. The van der Waals surface area contributed by atoms with Gasteiger partial charge in [0.05, 0.1) is 24.9 Å². The van der Waals surface area contributed by atoms with Crippen molar-refractivity contribution in [1.29, 1.82) is 0 Å². The molecule has 8 nitrogen and oxygen atoms in total. The SMILES string of the molecule is COc1cc(NCCC(=O)N2CCC3(CC2)OC[C@@H](C)OO3)c2ncccc2c1. The molecule has 0 unspecified atom stereocenters. The molecule has 1 atom stereocenters. The molecule has 0 bridgehead atoms. The number of pyridine rings is 1. The van der Waals surface area contributed by atoms with Gasteiger partial charge in [-0.2, -0.15) is 0 Å². The van der Waals surface area contributed by atoms with E-state index in [0.29, 0.717) is 45.5 Å². The zero-order valence-electron chi connectivity index (χ0n) is 16.8. The molecule has 8 heteroatoms. The summed E-state index contributed by atoms with van der Waals surface area (Å²) in [6.45, 7) is 4.13. The lowest BCUT2D eigenvalue weighted by Gasteiger charge is -2.43. The third-order valence-electron chi connectivity index (χ3n) is 5.39. The molecule has 1 N–H and O–H groups in total. The number of ether oxygens (including phenoxy) is 2.